The minimum Gasteiger partial charge on any atom is -0.466 e. The Kier molecular flexibility index (Phi) is 2.65. The Labute approximate surface area is 89.4 Å². The summed E-state index contributed by atoms with van der Waals surface area (Å²) in [4.78, 5) is 12.1. The maximum atomic E-state index is 12.1. The predicted molar refractivity (Wildman–Crippen MR) is 56.0 cm³/mol. The number of Topliss-reactive ketones (excluding diaryl/α,β-unsaturated/α-hetero) is 1. The molecule has 0 aliphatic carbocycles. The summed E-state index contributed by atoms with van der Waals surface area (Å²) in [5.74, 6) is 1.68. The van der Waals surface area contributed by atoms with Crippen molar-refractivity contribution in [2.45, 2.75) is 33.3 Å². The Bertz CT molecular complexity index is 378. The fourth-order valence-corrected chi connectivity index (χ4v) is 2.10. The fraction of sp³-hybridized carbons (Fsp3) is 0.583. The van der Waals surface area contributed by atoms with Crippen molar-refractivity contribution in [3.63, 3.8) is 0 Å². The second kappa shape index (κ2) is 3.81. The average Bonchev–Trinajstić information content (AvgIpc) is 2.71. The van der Waals surface area contributed by atoms with Crippen LogP contribution in [0.2, 0.25) is 0 Å². The predicted octanol–water partition coefficient (Wildman–Crippen LogP) is 2.50. The van der Waals surface area contributed by atoms with E-state index in [1.54, 1.807) is 0 Å². The standard InChI is InChI=1S/C12H16O3/c1-7-4-10(6-14-7)12(13)11-5-8(2)15-9(11)3/h5,7,10H,4,6H2,1-3H3. The van der Waals surface area contributed by atoms with Gasteiger partial charge < -0.3 is 9.15 Å². The molecule has 0 saturated carbocycles. The number of furan rings is 1. The van der Waals surface area contributed by atoms with Gasteiger partial charge in [-0.15, -0.1) is 0 Å². The van der Waals surface area contributed by atoms with Gasteiger partial charge in [0.15, 0.2) is 5.78 Å². The average molecular weight is 208 g/mol. The molecule has 3 heteroatoms. The lowest BCUT2D eigenvalue weighted by Gasteiger charge is -2.04. The van der Waals surface area contributed by atoms with Crippen molar-refractivity contribution in [1.82, 2.24) is 0 Å². The molecule has 0 spiro atoms. The number of aryl methyl sites for hydroxylation is 2. The summed E-state index contributed by atoms with van der Waals surface area (Å²) in [7, 11) is 0. The van der Waals surface area contributed by atoms with Gasteiger partial charge in [-0.3, -0.25) is 4.79 Å². The van der Waals surface area contributed by atoms with Crippen LogP contribution < -0.4 is 0 Å². The maximum absolute atomic E-state index is 12.1. The van der Waals surface area contributed by atoms with Crippen LogP contribution >= 0.6 is 0 Å². The monoisotopic (exact) mass is 208 g/mol. The third-order valence-electron chi connectivity index (χ3n) is 2.88. The maximum Gasteiger partial charge on any atom is 0.171 e. The van der Waals surface area contributed by atoms with E-state index in [1.165, 1.54) is 0 Å². The molecule has 2 atom stereocenters. The second-order valence-corrected chi connectivity index (χ2v) is 4.27. The van der Waals surface area contributed by atoms with Crippen molar-refractivity contribution in [2.24, 2.45) is 5.92 Å². The third-order valence-corrected chi connectivity index (χ3v) is 2.88. The summed E-state index contributed by atoms with van der Waals surface area (Å²) >= 11 is 0. The minimum atomic E-state index is 0.00991. The van der Waals surface area contributed by atoms with Gasteiger partial charge in [0.2, 0.25) is 0 Å². The zero-order valence-electron chi connectivity index (χ0n) is 9.37. The van der Waals surface area contributed by atoms with Gasteiger partial charge in [-0.2, -0.15) is 0 Å². The van der Waals surface area contributed by atoms with Crippen LogP contribution in [0, 0.1) is 19.8 Å². The van der Waals surface area contributed by atoms with E-state index in [0.29, 0.717) is 6.61 Å². The highest BCUT2D eigenvalue weighted by Crippen LogP contribution is 2.25. The van der Waals surface area contributed by atoms with E-state index in [9.17, 15) is 4.79 Å². The van der Waals surface area contributed by atoms with Crippen molar-refractivity contribution in [3.05, 3.63) is 23.2 Å². The Morgan fingerprint density at radius 3 is 2.67 bits per heavy atom. The number of ether oxygens (including phenoxy) is 1. The highest BCUT2D eigenvalue weighted by molar-refractivity contribution is 5.99. The van der Waals surface area contributed by atoms with Crippen LogP contribution in [0.5, 0.6) is 0 Å². The first-order chi connectivity index (χ1) is 7.08. The molecule has 15 heavy (non-hydrogen) atoms. The Morgan fingerprint density at radius 2 is 2.20 bits per heavy atom. The molecule has 1 fully saturated rings. The van der Waals surface area contributed by atoms with Crippen LogP contribution in [-0.2, 0) is 4.74 Å². The first-order valence-corrected chi connectivity index (χ1v) is 5.30. The van der Waals surface area contributed by atoms with Crippen molar-refractivity contribution >= 4 is 5.78 Å². The van der Waals surface area contributed by atoms with E-state index < -0.39 is 0 Å². The van der Waals surface area contributed by atoms with Gasteiger partial charge in [0, 0.05) is 5.92 Å². The summed E-state index contributed by atoms with van der Waals surface area (Å²) in [5, 5.41) is 0. The van der Waals surface area contributed by atoms with Gasteiger partial charge in [-0.05, 0) is 33.3 Å². The van der Waals surface area contributed by atoms with Crippen LogP contribution in [0.1, 0.15) is 35.2 Å². The number of hydrogen-bond acceptors (Lipinski definition) is 3. The van der Waals surface area contributed by atoms with Crippen molar-refractivity contribution < 1.29 is 13.9 Å². The molecule has 1 saturated heterocycles. The van der Waals surface area contributed by atoms with Crippen LogP contribution in [0.4, 0.5) is 0 Å². The number of carbonyl (C=O) groups excluding carboxylic acids is 1. The number of carbonyl (C=O) groups is 1. The van der Waals surface area contributed by atoms with Crippen LogP contribution in [0.3, 0.4) is 0 Å². The normalized spacial score (nSPS) is 25.8. The number of hydrogen-bond donors (Lipinski definition) is 0. The van der Waals surface area contributed by atoms with E-state index in [4.69, 9.17) is 9.15 Å². The highest BCUT2D eigenvalue weighted by atomic mass is 16.5. The Hall–Kier alpha value is -1.09. The fourth-order valence-electron chi connectivity index (χ4n) is 2.10. The van der Waals surface area contributed by atoms with E-state index >= 15 is 0 Å². The molecular weight excluding hydrogens is 192 g/mol. The van der Waals surface area contributed by atoms with E-state index in [0.717, 1.165) is 23.5 Å². The molecule has 3 nitrogen and oxygen atoms in total. The zero-order valence-corrected chi connectivity index (χ0v) is 9.37. The van der Waals surface area contributed by atoms with Gasteiger partial charge >= 0.3 is 0 Å². The SMILES string of the molecule is Cc1cc(C(=O)C2COC(C)C2)c(C)o1. The van der Waals surface area contributed by atoms with Crippen LogP contribution in [-0.4, -0.2) is 18.5 Å². The largest absolute Gasteiger partial charge is 0.466 e. The zero-order chi connectivity index (χ0) is 11.0. The molecule has 82 valence electrons. The van der Waals surface area contributed by atoms with E-state index in [2.05, 4.69) is 0 Å². The quantitative estimate of drug-likeness (QED) is 0.701. The molecule has 1 aromatic heterocycles. The highest BCUT2D eigenvalue weighted by Gasteiger charge is 2.30. The van der Waals surface area contributed by atoms with E-state index in [-0.39, 0.29) is 17.8 Å². The molecule has 1 aliphatic heterocycles. The molecular formula is C12H16O3. The Morgan fingerprint density at radius 1 is 1.47 bits per heavy atom. The van der Waals surface area contributed by atoms with Gasteiger partial charge in [-0.1, -0.05) is 0 Å². The Balaban J connectivity index is 2.17. The van der Waals surface area contributed by atoms with Gasteiger partial charge in [0.25, 0.3) is 0 Å². The first-order valence-electron chi connectivity index (χ1n) is 5.30. The van der Waals surface area contributed by atoms with Crippen LogP contribution in [0.25, 0.3) is 0 Å². The minimum absolute atomic E-state index is 0.00991. The van der Waals surface area contributed by atoms with Crippen molar-refractivity contribution in [2.75, 3.05) is 6.61 Å². The molecule has 2 heterocycles. The second-order valence-electron chi connectivity index (χ2n) is 4.27. The lowest BCUT2D eigenvalue weighted by atomic mass is 9.95. The third kappa shape index (κ3) is 1.97. The molecule has 0 bridgehead atoms. The molecule has 0 aromatic carbocycles. The van der Waals surface area contributed by atoms with E-state index in [1.807, 2.05) is 26.8 Å². The summed E-state index contributed by atoms with van der Waals surface area (Å²) < 4.78 is 10.8. The molecule has 1 aliphatic rings. The number of ketones is 1. The summed E-state index contributed by atoms with van der Waals surface area (Å²) in [6.07, 6.45) is 1.02. The van der Waals surface area contributed by atoms with Gasteiger partial charge in [-0.25, -0.2) is 0 Å². The summed E-state index contributed by atoms with van der Waals surface area (Å²) in [6, 6.07) is 1.82. The van der Waals surface area contributed by atoms with Gasteiger partial charge in [0.05, 0.1) is 18.3 Å². The lowest BCUT2D eigenvalue weighted by Crippen LogP contribution is -2.15. The molecule has 0 N–H and O–H groups in total. The molecule has 1 aromatic rings. The topological polar surface area (TPSA) is 39.4 Å². The molecule has 0 amide bonds. The van der Waals surface area contributed by atoms with Crippen molar-refractivity contribution in [1.29, 1.82) is 0 Å². The first kappa shape index (κ1) is 10.4. The van der Waals surface area contributed by atoms with Gasteiger partial charge in [0.1, 0.15) is 11.5 Å². The molecule has 0 radical (unpaired) electrons. The molecule has 2 unspecified atom stereocenters. The summed E-state index contributed by atoms with van der Waals surface area (Å²) in [5.41, 5.74) is 0.718. The van der Waals surface area contributed by atoms with Crippen molar-refractivity contribution in [3.8, 4) is 0 Å². The lowest BCUT2D eigenvalue weighted by molar-refractivity contribution is 0.0876. The summed E-state index contributed by atoms with van der Waals surface area (Å²) in [6.45, 7) is 6.24. The smallest absolute Gasteiger partial charge is 0.171 e. The number of rotatable bonds is 2. The van der Waals surface area contributed by atoms with Crippen LogP contribution in [0.15, 0.2) is 10.5 Å². The molecule has 2 rings (SSSR count).